The van der Waals surface area contributed by atoms with Crippen LogP contribution in [-0.4, -0.2) is 55.7 Å². The number of aromatic nitrogens is 1. The molecule has 2 aliphatic heterocycles. The third kappa shape index (κ3) is 6.88. The van der Waals surface area contributed by atoms with Crippen molar-refractivity contribution in [3.8, 4) is 0 Å². The molecule has 4 heteroatoms. The maximum Gasteiger partial charge on any atom is 0.128 e. The summed E-state index contributed by atoms with van der Waals surface area (Å²) in [6.07, 6.45) is 4.50. The van der Waals surface area contributed by atoms with E-state index >= 15 is 0 Å². The number of rotatable bonds is 3. The molecule has 3 heterocycles. The van der Waals surface area contributed by atoms with E-state index in [1.807, 2.05) is 40.0 Å². The van der Waals surface area contributed by atoms with E-state index in [-0.39, 0.29) is 0 Å². The number of hydrogen-bond donors (Lipinski definition) is 1. The first kappa shape index (κ1) is 19.9. The molecule has 0 amide bonds. The Morgan fingerprint density at radius 2 is 1.65 bits per heavy atom. The molecule has 132 valence electrons. The van der Waals surface area contributed by atoms with Gasteiger partial charge in [-0.25, -0.2) is 4.98 Å². The molecule has 0 aliphatic carbocycles. The third-order valence-corrected chi connectivity index (χ3v) is 4.31. The highest BCUT2D eigenvalue weighted by Gasteiger charge is 2.22. The molecule has 4 nitrogen and oxygen atoms in total. The van der Waals surface area contributed by atoms with E-state index in [0.717, 1.165) is 37.9 Å². The molecule has 0 saturated carbocycles. The van der Waals surface area contributed by atoms with Gasteiger partial charge in [0.1, 0.15) is 5.82 Å². The first-order valence-electron chi connectivity index (χ1n) is 9.51. The lowest BCUT2D eigenvalue weighted by molar-refractivity contribution is 0.190. The standard InChI is InChI=1S/C15H24N4.2C2H6/c1-2-6-17-15(3-1)19-9-4-14(5-10-19)13-18-11-7-16-8-12-18;2*1-2/h1-3,6,14,16H,4-5,7-13H2;2*1-2H3. The zero-order valence-electron chi connectivity index (χ0n) is 15.6. The summed E-state index contributed by atoms with van der Waals surface area (Å²) in [7, 11) is 0. The Morgan fingerprint density at radius 1 is 1.00 bits per heavy atom. The van der Waals surface area contributed by atoms with Crippen molar-refractivity contribution < 1.29 is 0 Å². The molecule has 2 saturated heterocycles. The molecule has 0 atom stereocenters. The highest BCUT2D eigenvalue weighted by molar-refractivity contribution is 5.37. The van der Waals surface area contributed by atoms with Crippen LogP contribution in [0.4, 0.5) is 5.82 Å². The molecule has 2 fully saturated rings. The van der Waals surface area contributed by atoms with Crippen molar-refractivity contribution in [3.05, 3.63) is 24.4 Å². The summed E-state index contributed by atoms with van der Waals surface area (Å²) in [5, 5.41) is 3.42. The number of nitrogens with zero attached hydrogens (tertiary/aromatic N) is 3. The highest BCUT2D eigenvalue weighted by atomic mass is 15.2. The fraction of sp³-hybridized carbons (Fsp3) is 0.737. The summed E-state index contributed by atoms with van der Waals surface area (Å²) < 4.78 is 0. The lowest BCUT2D eigenvalue weighted by Crippen LogP contribution is -2.47. The SMILES string of the molecule is CC.CC.c1ccc(N2CCC(CN3CCNCC3)CC2)nc1. The highest BCUT2D eigenvalue weighted by Crippen LogP contribution is 2.22. The monoisotopic (exact) mass is 320 g/mol. The Hall–Kier alpha value is -1.13. The summed E-state index contributed by atoms with van der Waals surface area (Å²) in [5.41, 5.74) is 0. The van der Waals surface area contributed by atoms with Gasteiger partial charge >= 0.3 is 0 Å². The van der Waals surface area contributed by atoms with Crippen LogP contribution in [0.2, 0.25) is 0 Å². The molecule has 0 spiro atoms. The molecule has 0 radical (unpaired) electrons. The number of hydrogen-bond acceptors (Lipinski definition) is 4. The molecule has 3 rings (SSSR count). The number of piperazine rings is 1. The van der Waals surface area contributed by atoms with Crippen molar-refractivity contribution in [2.45, 2.75) is 40.5 Å². The smallest absolute Gasteiger partial charge is 0.128 e. The summed E-state index contributed by atoms with van der Waals surface area (Å²) in [5.74, 6) is 2.01. The van der Waals surface area contributed by atoms with Gasteiger partial charge in [0.2, 0.25) is 0 Å². The largest absolute Gasteiger partial charge is 0.357 e. The summed E-state index contributed by atoms with van der Waals surface area (Å²) >= 11 is 0. The minimum Gasteiger partial charge on any atom is -0.357 e. The number of anilines is 1. The molecule has 0 unspecified atom stereocenters. The van der Waals surface area contributed by atoms with Crippen molar-refractivity contribution in [1.29, 1.82) is 0 Å². The van der Waals surface area contributed by atoms with Crippen LogP contribution in [0.1, 0.15) is 40.5 Å². The Balaban J connectivity index is 0.000000615. The second-order valence-electron chi connectivity index (χ2n) is 5.67. The fourth-order valence-electron chi connectivity index (χ4n) is 3.14. The minimum atomic E-state index is 0.873. The van der Waals surface area contributed by atoms with Crippen LogP contribution in [0.25, 0.3) is 0 Å². The van der Waals surface area contributed by atoms with Crippen LogP contribution >= 0.6 is 0 Å². The lowest BCUT2D eigenvalue weighted by atomic mass is 9.96. The summed E-state index contributed by atoms with van der Waals surface area (Å²) in [6, 6.07) is 6.19. The quantitative estimate of drug-likeness (QED) is 0.926. The zero-order valence-corrected chi connectivity index (χ0v) is 15.6. The number of pyridine rings is 1. The number of piperidine rings is 1. The van der Waals surface area contributed by atoms with E-state index in [9.17, 15) is 0 Å². The molecule has 1 aromatic heterocycles. The molecular formula is C19H36N4. The van der Waals surface area contributed by atoms with Crippen LogP contribution in [0.15, 0.2) is 24.4 Å². The van der Waals surface area contributed by atoms with E-state index < -0.39 is 0 Å². The lowest BCUT2D eigenvalue weighted by Gasteiger charge is -2.36. The second kappa shape index (κ2) is 12.3. The molecule has 0 bridgehead atoms. The van der Waals surface area contributed by atoms with Crippen molar-refractivity contribution in [3.63, 3.8) is 0 Å². The van der Waals surface area contributed by atoms with Gasteiger partial charge in [-0.2, -0.15) is 0 Å². The average molecular weight is 321 g/mol. The Morgan fingerprint density at radius 3 is 2.22 bits per heavy atom. The van der Waals surface area contributed by atoms with Crippen LogP contribution in [0, 0.1) is 5.92 Å². The van der Waals surface area contributed by atoms with Crippen LogP contribution in [0.5, 0.6) is 0 Å². The van der Waals surface area contributed by atoms with Gasteiger partial charge in [-0.15, -0.1) is 0 Å². The fourth-order valence-corrected chi connectivity index (χ4v) is 3.14. The summed E-state index contributed by atoms with van der Waals surface area (Å²) in [6.45, 7) is 16.4. The predicted molar refractivity (Wildman–Crippen MR) is 101 cm³/mol. The van der Waals surface area contributed by atoms with Crippen molar-refractivity contribution in [2.24, 2.45) is 5.92 Å². The Labute approximate surface area is 143 Å². The van der Waals surface area contributed by atoms with E-state index in [4.69, 9.17) is 0 Å². The first-order valence-corrected chi connectivity index (χ1v) is 9.51. The third-order valence-electron chi connectivity index (χ3n) is 4.31. The van der Waals surface area contributed by atoms with Gasteiger partial charge in [-0.05, 0) is 30.9 Å². The van der Waals surface area contributed by atoms with Gasteiger partial charge in [-0.1, -0.05) is 33.8 Å². The maximum absolute atomic E-state index is 4.45. The van der Waals surface area contributed by atoms with Crippen molar-refractivity contribution >= 4 is 5.82 Å². The van der Waals surface area contributed by atoms with Gasteiger partial charge in [0.15, 0.2) is 0 Å². The van der Waals surface area contributed by atoms with Gasteiger partial charge in [0.25, 0.3) is 0 Å². The van der Waals surface area contributed by atoms with Crippen LogP contribution in [-0.2, 0) is 0 Å². The van der Waals surface area contributed by atoms with Gasteiger partial charge in [0, 0.05) is 52.0 Å². The zero-order chi connectivity index (χ0) is 16.9. The van der Waals surface area contributed by atoms with Crippen molar-refractivity contribution in [2.75, 3.05) is 50.7 Å². The normalized spacial score (nSPS) is 19.2. The number of nitrogens with one attached hydrogen (secondary N) is 1. The van der Waals surface area contributed by atoms with Gasteiger partial charge in [-0.3, -0.25) is 0 Å². The topological polar surface area (TPSA) is 31.4 Å². The van der Waals surface area contributed by atoms with Gasteiger partial charge in [0.05, 0.1) is 0 Å². The van der Waals surface area contributed by atoms with Crippen LogP contribution in [0.3, 0.4) is 0 Å². The van der Waals surface area contributed by atoms with Crippen molar-refractivity contribution in [1.82, 2.24) is 15.2 Å². The molecule has 1 N–H and O–H groups in total. The van der Waals surface area contributed by atoms with E-state index in [1.54, 1.807) is 0 Å². The molecule has 1 aromatic rings. The van der Waals surface area contributed by atoms with E-state index in [2.05, 4.69) is 32.2 Å². The van der Waals surface area contributed by atoms with Crippen LogP contribution < -0.4 is 10.2 Å². The van der Waals surface area contributed by atoms with E-state index in [0.29, 0.717) is 0 Å². The van der Waals surface area contributed by atoms with E-state index in [1.165, 1.54) is 32.5 Å². The second-order valence-corrected chi connectivity index (χ2v) is 5.67. The summed E-state index contributed by atoms with van der Waals surface area (Å²) in [4.78, 5) is 9.50. The van der Waals surface area contributed by atoms with Gasteiger partial charge < -0.3 is 15.1 Å². The Bertz CT molecular complexity index is 368. The molecule has 0 aromatic carbocycles. The molecular weight excluding hydrogens is 284 g/mol. The first-order chi connectivity index (χ1) is 11.4. The molecule has 23 heavy (non-hydrogen) atoms. The Kier molecular flexibility index (Phi) is 10.7. The minimum absolute atomic E-state index is 0.873. The predicted octanol–water partition coefficient (Wildman–Crippen LogP) is 3.26. The molecule has 2 aliphatic rings. The average Bonchev–Trinajstić information content (AvgIpc) is 2.67. The maximum atomic E-state index is 4.45.